The monoisotopic (exact) mass is 398 g/mol. The van der Waals surface area contributed by atoms with E-state index < -0.39 is 20.1 Å². The van der Waals surface area contributed by atoms with E-state index in [9.17, 15) is 8.76 Å². The van der Waals surface area contributed by atoms with Gasteiger partial charge in [-0.15, -0.1) is 36.4 Å². The predicted octanol–water partition coefficient (Wildman–Crippen LogP) is 5.06. The molecule has 3 nitrogen and oxygen atoms in total. The molecule has 1 aliphatic heterocycles. The summed E-state index contributed by atoms with van der Waals surface area (Å²) in [6, 6.07) is 0. The molecular weight excluding hydrogens is 376 g/mol. The minimum atomic E-state index is -4.30. The zero-order chi connectivity index (χ0) is 12.6. The number of halogens is 2. The van der Waals surface area contributed by atoms with Gasteiger partial charge in [0.2, 0.25) is 0 Å². The normalized spacial score (nSPS) is 15.5. The van der Waals surface area contributed by atoms with Gasteiger partial charge in [-0.3, -0.25) is 9.05 Å². The highest BCUT2D eigenvalue weighted by Crippen LogP contribution is 2.51. The molecule has 0 N–H and O–H groups in total. The van der Waals surface area contributed by atoms with Gasteiger partial charge in [-0.05, 0) is 46.7 Å². The Bertz CT molecular complexity index is 240. The summed E-state index contributed by atoms with van der Waals surface area (Å²) in [6.07, 6.45) is 3.36. The predicted molar refractivity (Wildman–Crippen MR) is 83.7 cm³/mol. The Morgan fingerprint density at radius 3 is 1.88 bits per heavy atom. The van der Waals surface area contributed by atoms with Crippen molar-refractivity contribution in [3.8, 4) is 0 Å². The number of hydrogen-bond donors (Lipinski definition) is 0. The van der Waals surface area contributed by atoms with Crippen molar-refractivity contribution in [1.29, 1.82) is 0 Å². The first-order valence-electron chi connectivity index (χ1n) is 5.48. The van der Waals surface area contributed by atoms with Crippen molar-refractivity contribution in [2.24, 2.45) is 0 Å². The van der Waals surface area contributed by atoms with E-state index in [0.29, 0.717) is 0 Å². The van der Waals surface area contributed by atoms with Gasteiger partial charge in [-0.2, -0.15) is 0 Å². The van der Waals surface area contributed by atoms with Crippen molar-refractivity contribution in [1.82, 2.24) is 0 Å². The molecule has 0 saturated carbocycles. The standard InChI is InChI=1S/C6H14FO3P.C4H7P.HI/c1-5(2)9-11(7,8)10-6(3)4;1-2-4-5-3-1;/h5-6H,1-4H3;3H,1-2,4H2;1H. The van der Waals surface area contributed by atoms with Crippen molar-refractivity contribution in [2.45, 2.75) is 52.7 Å². The Morgan fingerprint density at radius 1 is 1.24 bits per heavy atom. The molecule has 0 spiro atoms. The van der Waals surface area contributed by atoms with Crippen LogP contribution in [0, 0.1) is 0 Å². The van der Waals surface area contributed by atoms with Crippen LogP contribution in [0.15, 0.2) is 0 Å². The van der Waals surface area contributed by atoms with E-state index >= 15 is 0 Å². The molecule has 0 aromatic carbocycles. The fraction of sp³-hybridized carbons (Fsp3) is 0.900. The van der Waals surface area contributed by atoms with E-state index in [-0.39, 0.29) is 24.0 Å². The Morgan fingerprint density at radius 2 is 1.71 bits per heavy atom. The van der Waals surface area contributed by atoms with Crippen molar-refractivity contribution >= 4 is 45.9 Å². The van der Waals surface area contributed by atoms with Crippen molar-refractivity contribution in [3.63, 3.8) is 0 Å². The lowest BCUT2D eigenvalue weighted by Gasteiger charge is -2.14. The number of hydrogen-bond acceptors (Lipinski definition) is 3. The summed E-state index contributed by atoms with van der Waals surface area (Å²) < 4.78 is 32.3. The topological polar surface area (TPSA) is 35.5 Å². The van der Waals surface area contributed by atoms with Gasteiger partial charge in [0.05, 0.1) is 12.2 Å². The van der Waals surface area contributed by atoms with Gasteiger partial charge in [-0.1, -0.05) is 5.80 Å². The van der Waals surface area contributed by atoms with Crippen LogP contribution in [0.2, 0.25) is 0 Å². The minimum Gasteiger partial charge on any atom is -0.281 e. The summed E-state index contributed by atoms with van der Waals surface area (Å²) in [6.45, 7) is 6.37. The van der Waals surface area contributed by atoms with Gasteiger partial charge in [0.1, 0.15) is 0 Å². The average molecular weight is 398 g/mol. The zero-order valence-electron chi connectivity index (χ0n) is 10.8. The fourth-order valence-electron chi connectivity index (χ4n) is 0.985. The van der Waals surface area contributed by atoms with Crippen LogP contribution in [0.5, 0.6) is 0 Å². The van der Waals surface area contributed by atoms with Gasteiger partial charge >= 0.3 is 7.91 Å². The van der Waals surface area contributed by atoms with Crippen LogP contribution in [-0.4, -0.2) is 24.2 Å². The van der Waals surface area contributed by atoms with Crippen LogP contribution < -0.4 is 0 Å². The minimum absolute atomic E-state index is 0. The molecule has 0 amide bonds. The molecule has 7 heteroatoms. The summed E-state index contributed by atoms with van der Waals surface area (Å²) in [5.41, 5.74) is 0. The molecule has 1 aliphatic rings. The molecule has 104 valence electrons. The highest BCUT2D eigenvalue weighted by Gasteiger charge is 2.26. The van der Waals surface area contributed by atoms with Gasteiger partial charge in [0, 0.05) is 0 Å². The third-order valence-corrected chi connectivity index (χ3v) is 3.86. The Balaban J connectivity index is 0. The largest absolute Gasteiger partial charge is 0.513 e. The maximum atomic E-state index is 12.7. The lowest BCUT2D eigenvalue weighted by Crippen LogP contribution is -2.04. The first-order valence-corrected chi connectivity index (χ1v) is 8.06. The molecule has 0 atom stereocenters. The Hall–Kier alpha value is 0.980. The van der Waals surface area contributed by atoms with Gasteiger partial charge < -0.3 is 0 Å². The molecule has 0 saturated heterocycles. The summed E-state index contributed by atoms with van der Waals surface area (Å²) >= 11 is 0. The zero-order valence-corrected chi connectivity index (χ0v) is 14.9. The van der Waals surface area contributed by atoms with Gasteiger partial charge in [0.15, 0.2) is 0 Å². The molecule has 0 bridgehead atoms. The quantitative estimate of drug-likeness (QED) is 0.491. The van der Waals surface area contributed by atoms with Crippen LogP contribution in [0.4, 0.5) is 4.20 Å². The molecule has 0 aromatic heterocycles. The third kappa shape index (κ3) is 14.9. The molecule has 0 aromatic rings. The average Bonchev–Trinajstić information content (AvgIpc) is 2.52. The highest BCUT2D eigenvalue weighted by molar-refractivity contribution is 14.0. The smallest absolute Gasteiger partial charge is 0.281 e. The SMILES string of the molecule is C1=PCCC1.CC(C)OP(=O)(F)OC(C)C.I. The maximum Gasteiger partial charge on any atom is 0.513 e. The molecule has 0 unspecified atom stereocenters. The molecule has 0 aliphatic carbocycles. The van der Waals surface area contributed by atoms with E-state index in [2.05, 4.69) is 14.8 Å². The van der Waals surface area contributed by atoms with Crippen LogP contribution in [0.25, 0.3) is 0 Å². The second kappa shape index (κ2) is 10.9. The third-order valence-electron chi connectivity index (χ3n) is 1.42. The molecule has 0 radical (unpaired) electrons. The summed E-state index contributed by atoms with van der Waals surface area (Å²) in [5.74, 6) is 2.33. The van der Waals surface area contributed by atoms with Gasteiger partial charge in [0.25, 0.3) is 0 Å². The number of rotatable bonds is 4. The van der Waals surface area contributed by atoms with Crippen LogP contribution in [0.1, 0.15) is 40.5 Å². The molecule has 1 rings (SSSR count). The van der Waals surface area contributed by atoms with E-state index in [1.807, 2.05) is 0 Å². The first-order chi connectivity index (χ1) is 7.33. The lowest BCUT2D eigenvalue weighted by molar-refractivity contribution is 0.118. The second-order valence-electron chi connectivity index (χ2n) is 3.97. The van der Waals surface area contributed by atoms with Crippen molar-refractivity contribution in [3.05, 3.63) is 0 Å². The first kappa shape index (κ1) is 20.3. The Labute approximate surface area is 122 Å². The highest BCUT2D eigenvalue weighted by atomic mass is 127. The van der Waals surface area contributed by atoms with Crippen LogP contribution in [-0.2, 0) is 13.6 Å². The Kier molecular flexibility index (Phi) is 13.0. The van der Waals surface area contributed by atoms with E-state index in [0.717, 1.165) is 0 Å². The van der Waals surface area contributed by atoms with E-state index in [1.54, 1.807) is 35.9 Å². The summed E-state index contributed by atoms with van der Waals surface area (Å²) in [4.78, 5) is 0. The van der Waals surface area contributed by atoms with Crippen molar-refractivity contribution < 1.29 is 17.8 Å². The van der Waals surface area contributed by atoms with Crippen LogP contribution >= 0.6 is 40.1 Å². The molecule has 0 fully saturated rings. The molecule has 17 heavy (non-hydrogen) atoms. The second-order valence-corrected chi connectivity index (χ2v) is 6.43. The van der Waals surface area contributed by atoms with E-state index in [1.165, 1.54) is 19.0 Å². The molecular formula is C10H22FIO3P2. The fourth-order valence-corrected chi connectivity index (χ4v) is 2.95. The van der Waals surface area contributed by atoms with Gasteiger partial charge in [-0.25, -0.2) is 4.57 Å². The lowest BCUT2D eigenvalue weighted by atomic mass is 10.4. The van der Waals surface area contributed by atoms with Crippen molar-refractivity contribution in [2.75, 3.05) is 6.16 Å². The summed E-state index contributed by atoms with van der Waals surface area (Å²) in [7, 11) is -2.74. The van der Waals surface area contributed by atoms with E-state index in [4.69, 9.17) is 0 Å². The summed E-state index contributed by atoms with van der Waals surface area (Å²) in [5, 5.41) is 0. The van der Waals surface area contributed by atoms with Crippen LogP contribution in [0.3, 0.4) is 0 Å². The molecule has 1 heterocycles. The maximum absolute atomic E-state index is 12.7.